The Morgan fingerprint density at radius 2 is 1.77 bits per heavy atom. The first-order valence-electron chi connectivity index (χ1n) is 12.7. The number of anilines is 1. The maximum atomic E-state index is 14.0. The third-order valence-electron chi connectivity index (χ3n) is 6.65. The molecule has 204 valence electrons. The molecule has 0 fully saturated rings. The van der Waals surface area contributed by atoms with Crippen molar-refractivity contribution >= 4 is 35.0 Å². The number of pyridine rings is 1. The standard InChI is InChI=1S/C29H33ClN6O3/c1-20-5-7-22(8-6-20)27(37)35(16-4-13-31)26(29(39)33(2)3)36-19-34(18-21-11-14-32-15-12-21)28(38)24-10-9-23(30)17-25(24)36/h5-12,14-15,17,26H,4,13,16,18-19,31H2,1-3H3. The summed E-state index contributed by atoms with van der Waals surface area (Å²) in [6.45, 7) is 2.91. The van der Waals surface area contributed by atoms with Crippen LogP contribution in [0.2, 0.25) is 5.02 Å². The Hall–Kier alpha value is -3.95. The molecular weight excluding hydrogens is 516 g/mol. The second-order valence-electron chi connectivity index (χ2n) is 9.74. The molecule has 1 aromatic heterocycles. The van der Waals surface area contributed by atoms with Crippen molar-refractivity contribution in [2.45, 2.75) is 26.1 Å². The lowest BCUT2D eigenvalue weighted by Crippen LogP contribution is -2.63. The summed E-state index contributed by atoms with van der Waals surface area (Å²) in [5.41, 5.74) is 9.12. The van der Waals surface area contributed by atoms with Crippen LogP contribution in [0.15, 0.2) is 67.0 Å². The number of hydrogen-bond acceptors (Lipinski definition) is 6. The van der Waals surface area contributed by atoms with Crippen LogP contribution in [-0.4, -0.2) is 77.4 Å². The maximum absolute atomic E-state index is 14.0. The second kappa shape index (κ2) is 12.3. The Balaban J connectivity index is 1.84. The topological polar surface area (TPSA) is 103 Å². The number of aryl methyl sites for hydroxylation is 1. The predicted molar refractivity (Wildman–Crippen MR) is 151 cm³/mol. The molecule has 0 aliphatic carbocycles. The van der Waals surface area contributed by atoms with Gasteiger partial charge in [0.25, 0.3) is 17.7 Å². The van der Waals surface area contributed by atoms with Gasteiger partial charge in [0.1, 0.15) is 0 Å². The van der Waals surface area contributed by atoms with Crippen LogP contribution in [0.25, 0.3) is 0 Å². The Bertz CT molecular complexity index is 1330. The van der Waals surface area contributed by atoms with Crippen molar-refractivity contribution < 1.29 is 14.4 Å². The zero-order valence-electron chi connectivity index (χ0n) is 22.4. The number of carbonyl (C=O) groups is 3. The molecule has 0 radical (unpaired) electrons. The molecule has 3 aromatic rings. The fourth-order valence-corrected chi connectivity index (χ4v) is 4.75. The highest BCUT2D eigenvalue weighted by Gasteiger charge is 2.41. The number of fused-ring (bicyclic) bond motifs is 1. The van der Waals surface area contributed by atoms with Gasteiger partial charge in [-0.2, -0.15) is 0 Å². The Kier molecular flexibility index (Phi) is 8.83. The molecule has 1 aliphatic heterocycles. The van der Waals surface area contributed by atoms with Gasteiger partial charge in [-0.15, -0.1) is 0 Å². The normalized spacial score (nSPS) is 13.6. The van der Waals surface area contributed by atoms with E-state index in [1.165, 1.54) is 4.90 Å². The summed E-state index contributed by atoms with van der Waals surface area (Å²) in [4.78, 5) is 51.9. The Morgan fingerprint density at radius 1 is 1.08 bits per heavy atom. The first kappa shape index (κ1) is 28.1. The third kappa shape index (κ3) is 6.21. The van der Waals surface area contributed by atoms with Crippen LogP contribution >= 0.6 is 11.6 Å². The third-order valence-corrected chi connectivity index (χ3v) is 6.88. The van der Waals surface area contributed by atoms with Gasteiger partial charge in [-0.05, 0) is 67.9 Å². The molecule has 1 unspecified atom stereocenters. The van der Waals surface area contributed by atoms with E-state index >= 15 is 0 Å². The van der Waals surface area contributed by atoms with E-state index in [4.69, 9.17) is 17.3 Å². The van der Waals surface area contributed by atoms with Gasteiger partial charge in [0.05, 0.1) is 17.9 Å². The first-order valence-corrected chi connectivity index (χ1v) is 13.1. The summed E-state index contributed by atoms with van der Waals surface area (Å²) < 4.78 is 0. The number of aromatic nitrogens is 1. The van der Waals surface area contributed by atoms with E-state index in [9.17, 15) is 14.4 Å². The molecule has 10 heteroatoms. The number of likely N-dealkylation sites (N-methyl/N-ethyl adjacent to an activating group) is 1. The van der Waals surface area contributed by atoms with E-state index in [1.807, 2.05) is 31.2 Å². The molecule has 4 rings (SSSR count). The molecule has 39 heavy (non-hydrogen) atoms. The number of halogens is 1. The minimum atomic E-state index is -1.05. The highest BCUT2D eigenvalue weighted by atomic mass is 35.5. The van der Waals surface area contributed by atoms with Crippen LogP contribution in [0, 0.1) is 6.92 Å². The van der Waals surface area contributed by atoms with Crippen molar-refractivity contribution in [1.29, 1.82) is 0 Å². The van der Waals surface area contributed by atoms with Crippen molar-refractivity contribution in [3.05, 3.63) is 94.3 Å². The molecule has 2 N–H and O–H groups in total. The lowest BCUT2D eigenvalue weighted by Gasteiger charge is -2.46. The largest absolute Gasteiger partial charge is 0.345 e. The quantitative estimate of drug-likeness (QED) is 0.440. The van der Waals surface area contributed by atoms with E-state index in [1.54, 1.807) is 71.5 Å². The van der Waals surface area contributed by atoms with Gasteiger partial charge >= 0.3 is 0 Å². The van der Waals surface area contributed by atoms with Crippen LogP contribution in [0.4, 0.5) is 5.69 Å². The van der Waals surface area contributed by atoms with Crippen molar-refractivity contribution in [2.75, 3.05) is 38.8 Å². The number of nitrogens with two attached hydrogens (primary N) is 1. The van der Waals surface area contributed by atoms with Crippen LogP contribution in [-0.2, 0) is 11.3 Å². The van der Waals surface area contributed by atoms with Crippen molar-refractivity contribution in [2.24, 2.45) is 5.73 Å². The number of amides is 3. The monoisotopic (exact) mass is 548 g/mol. The van der Waals surface area contributed by atoms with Gasteiger partial charge in [-0.25, -0.2) is 0 Å². The van der Waals surface area contributed by atoms with Gasteiger partial charge in [-0.3, -0.25) is 19.4 Å². The smallest absolute Gasteiger partial charge is 0.265 e. The minimum Gasteiger partial charge on any atom is -0.345 e. The summed E-state index contributed by atoms with van der Waals surface area (Å²) in [7, 11) is 3.30. The molecule has 2 heterocycles. The zero-order valence-corrected chi connectivity index (χ0v) is 23.1. The van der Waals surface area contributed by atoms with Gasteiger partial charge in [0.2, 0.25) is 0 Å². The number of hydrogen-bond donors (Lipinski definition) is 1. The average Bonchev–Trinajstić information content (AvgIpc) is 2.93. The van der Waals surface area contributed by atoms with Crippen molar-refractivity contribution in [3.8, 4) is 0 Å². The van der Waals surface area contributed by atoms with Gasteiger partial charge < -0.3 is 25.3 Å². The Morgan fingerprint density at radius 3 is 2.41 bits per heavy atom. The van der Waals surface area contributed by atoms with Crippen LogP contribution in [0.3, 0.4) is 0 Å². The lowest BCUT2D eigenvalue weighted by molar-refractivity contribution is -0.133. The molecule has 0 saturated heterocycles. The van der Waals surface area contributed by atoms with Crippen LogP contribution < -0.4 is 10.6 Å². The SMILES string of the molecule is Cc1ccc(C(=O)N(CCCN)C(C(=O)N(C)C)N2CN(Cc3ccncc3)C(=O)c3ccc(Cl)cc32)cc1. The van der Waals surface area contributed by atoms with E-state index in [0.29, 0.717) is 41.3 Å². The Labute approximate surface area is 233 Å². The van der Waals surface area contributed by atoms with Crippen molar-refractivity contribution in [3.63, 3.8) is 0 Å². The molecule has 3 amide bonds. The maximum Gasteiger partial charge on any atom is 0.265 e. The van der Waals surface area contributed by atoms with E-state index in [2.05, 4.69) is 4.98 Å². The molecule has 1 aliphatic rings. The number of benzene rings is 2. The van der Waals surface area contributed by atoms with E-state index in [-0.39, 0.29) is 30.9 Å². The zero-order chi connectivity index (χ0) is 28.1. The predicted octanol–water partition coefficient (Wildman–Crippen LogP) is 3.37. The molecule has 0 bridgehead atoms. The number of rotatable bonds is 9. The summed E-state index contributed by atoms with van der Waals surface area (Å²) >= 11 is 6.39. The van der Waals surface area contributed by atoms with Gasteiger partial charge in [0.15, 0.2) is 6.17 Å². The van der Waals surface area contributed by atoms with E-state index < -0.39 is 6.17 Å². The van der Waals surface area contributed by atoms with Gasteiger partial charge in [0, 0.05) is 50.2 Å². The first-order chi connectivity index (χ1) is 18.7. The van der Waals surface area contributed by atoms with E-state index in [0.717, 1.165) is 11.1 Å². The molecule has 0 spiro atoms. The summed E-state index contributed by atoms with van der Waals surface area (Å²) in [6.07, 6.45) is 2.78. The van der Waals surface area contributed by atoms with Crippen LogP contribution in [0.5, 0.6) is 0 Å². The molecular formula is C29H33ClN6O3. The fraction of sp³-hybridized carbons (Fsp3) is 0.310. The fourth-order valence-electron chi connectivity index (χ4n) is 4.58. The average molecular weight is 549 g/mol. The summed E-state index contributed by atoms with van der Waals surface area (Å²) in [5.74, 6) is -0.800. The molecule has 0 saturated carbocycles. The number of carbonyl (C=O) groups excluding carboxylic acids is 3. The van der Waals surface area contributed by atoms with Crippen molar-refractivity contribution in [1.82, 2.24) is 19.7 Å². The summed E-state index contributed by atoms with van der Waals surface area (Å²) in [6, 6.07) is 15.9. The van der Waals surface area contributed by atoms with Gasteiger partial charge in [-0.1, -0.05) is 29.3 Å². The molecule has 1 atom stereocenters. The van der Waals surface area contributed by atoms with Crippen LogP contribution in [0.1, 0.15) is 38.3 Å². The lowest BCUT2D eigenvalue weighted by atomic mass is 10.1. The minimum absolute atomic E-state index is 0.0685. The summed E-state index contributed by atoms with van der Waals surface area (Å²) in [5, 5.41) is 0.420. The highest BCUT2D eigenvalue weighted by Crippen LogP contribution is 2.34. The highest BCUT2D eigenvalue weighted by molar-refractivity contribution is 6.31. The number of nitrogens with zero attached hydrogens (tertiary/aromatic N) is 5. The molecule has 2 aromatic carbocycles. The molecule has 9 nitrogen and oxygen atoms in total. The second-order valence-corrected chi connectivity index (χ2v) is 10.2.